The highest BCUT2D eigenvalue weighted by molar-refractivity contribution is 6.32. The first-order chi connectivity index (χ1) is 10.6. The van der Waals surface area contributed by atoms with Crippen LogP contribution in [0, 0.1) is 6.92 Å². The van der Waals surface area contributed by atoms with Crippen LogP contribution in [0.25, 0.3) is 0 Å². The molecule has 0 aromatic heterocycles. The van der Waals surface area contributed by atoms with Crippen LogP contribution in [-0.4, -0.2) is 20.8 Å². The molecule has 1 unspecified atom stereocenters. The first kappa shape index (κ1) is 16.7. The van der Waals surface area contributed by atoms with Crippen LogP contribution in [0.3, 0.4) is 0 Å². The number of hydrogen-bond acceptors (Lipinski definition) is 3. The van der Waals surface area contributed by atoms with Crippen LogP contribution in [0.1, 0.15) is 22.6 Å². The van der Waals surface area contributed by atoms with Gasteiger partial charge in [0.1, 0.15) is 11.5 Å². The maximum absolute atomic E-state index is 6.21. The summed E-state index contributed by atoms with van der Waals surface area (Å²) < 4.78 is 10.7. The molecule has 22 heavy (non-hydrogen) atoms. The van der Waals surface area contributed by atoms with Crippen molar-refractivity contribution >= 4 is 11.6 Å². The monoisotopic (exact) mass is 319 g/mol. The van der Waals surface area contributed by atoms with Gasteiger partial charge in [-0.15, -0.1) is 0 Å². The van der Waals surface area contributed by atoms with Crippen LogP contribution >= 0.6 is 11.6 Å². The summed E-state index contributed by atoms with van der Waals surface area (Å²) in [5.41, 5.74) is 9.47. The van der Waals surface area contributed by atoms with Crippen LogP contribution in [0.5, 0.6) is 11.5 Å². The van der Waals surface area contributed by atoms with Crippen LogP contribution in [0.15, 0.2) is 36.4 Å². The molecule has 2 rings (SSSR count). The molecule has 1 atom stereocenters. The van der Waals surface area contributed by atoms with Gasteiger partial charge in [0.25, 0.3) is 0 Å². The molecule has 0 aliphatic heterocycles. The average Bonchev–Trinajstić information content (AvgIpc) is 2.52. The highest BCUT2D eigenvalue weighted by Crippen LogP contribution is 2.32. The van der Waals surface area contributed by atoms with E-state index >= 15 is 0 Å². The Hall–Kier alpha value is -1.71. The van der Waals surface area contributed by atoms with E-state index in [0.717, 1.165) is 23.3 Å². The summed E-state index contributed by atoms with van der Waals surface area (Å²) in [6.45, 7) is 2.62. The van der Waals surface area contributed by atoms with Crippen molar-refractivity contribution < 1.29 is 9.47 Å². The lowest BCUT2D eigenvalue weighted by Gasteiger charge is -2.19. The highest BCUT2D eigenvalue weighted by atomic mass is 35.5. The summed E-state index contributed by atoms with van der Waals surface area (Å²) in [6, 6.07) is 12.0. The van der Waals surface area contributed by atoms with Gasteiger partial charge >= 0.3 is 0 Å². The normalized spacial score (nSPS) is 12.0. The van der Waals surface area contributed by atoms with E-state index in [2.05, 4.69) is 13.0 Å². The minimum atomic E-state index is 0.180. The van der Waals surface area contributed by atoms with E-state index < -0.39 is 0 Å². The van der Waals surface area contributed by atoms with Gasteiger partial charge in [-0.1, -0.05) is 35.4 Å². The summed E-state index contributed by atoms with van der Waals surface area (Å²) in [7, 11) is 3.30. The third-order valence-corrected chi connectivity index (χ3v) is 4.10. The highest BCUT2D eigenvalue weighted by Gasteiger charge is 2.16. The molecule has 2 aromatic rings. The van der Waals surface area contributed by atoms with E-state index in [1.165, 1.54) is 5.56 Å². The van der Waals surface area contributed by atoms with Crippen LogP contribution in [-0.2, 0) is 6.42 Å². The Morgan fingerprint density at radius 2 is 1.73 bits per heavy atom. The lowest BCUT2D eigenvalue weighted by atomic mass is 9.90. The predicted molar refractivity (Wildman–Crippen MR) is 91.2 cm³/mol. The van der Waals surface area contributed by atoms with Gasteiger partial charge in [0.15, 0.2) is 0 Å². The number of rotatable bonds is 6. The van der Waals surface area contributed by atoms with Gasteiger partial charge in [-0.2, -0.15) is 0 Å². The van der Waals surface area contributed by atoms with Crippen molar-refractivity contribution in [2.24, 2.45) is 5.73 Å². The predicted octanol–water partition coefficient (Wildman–Crippen LogP) is 3.95. The van der Waals surface area contributed by atoms with Gasteiger partial charge in [0, 0.05) is 5.92 Å². The Morgan fingerprint density at radius 1 is 1.05 bits per heavy atom. The summed E-state index contributed by atoms with van der Waals surface area (Å²) in [4.78, 5) is 0. The summed E-state index contributed by atoms with van der Waals surface area (Å²) in [6.07, 6.45) is 0.806. The van der Waals surface area contributed by atoms with Crippen LogP contribution < -0.4 is 15.2 Å². The fourth-order valence-corrected chi connectivity index (χ4v) is 2.89. The van der Waals surface area contributed by atoms with E-state index in [1.807, 2.05) is 30.3 Å². The maximum atomic E-state index is 6.21. The van der Waals surface area contributed by atoms with E-state index in [1.54, 1.807) is 14.2 Å². The van der Waals surface area contributed by atoms with E-state index in [4.69, 9.17) is 26.8 Å². The summed E-state index contributed by atoms with van der Waals surface area (Å²) in [5.74, 6) is 1.74. The molecule has 0 aliphatic rings. The quantitative estimate of drug-likeness (QED) is 0.876. The van der Waals surface area contributed by atoms with E-state index in [9.17, 15) is 0 Å². The molecule has 0 saturated heterocycles. The first-order valence-corrected chi connectivity index (χ1v) is 7.63. The molecule has 2 N–H and O–H groups in total. The third kappa shape index (κ3) is 3.73. The second-order valence-electron chi connectivity index (χ2n) is 5.35. The fraction of sp³-hybridized carbons (Fsp3) is 0.333. The first-order valence-electron chi connectivity index (χ1n) is 7.26. The second kappa shape index (κ2) is 7.52. The van der Waals surface area contributed by atoms with Crippen molar-refractivity contribution in [3.05, 3.63) is 58.1 Å². The van der Waals surface area contributed by atoms with E-state index in [0.29, 0.717) is 17.3 Å². The summed E-state index contributed by atoms with van der Waals surface area (Å²) in [5, 5.41) is 0.618. The Bertz CT molecular complexity index is 643. The minimum absolute atomic E-state index is 0.180. The van der Waals surface area contributed by atoms with Gasteiger partial charge < -0.3 is 15.2 Å². The number of nitrogens with two attached hydrogens (primary N) is 1. The lowest BCUT2D eigenvalue weighted by Crippen LogP contribution is -2.16. The Balaban J connectivity index is 2.29. The zero-order chi connectivity index (χ0) is 16.1. The van der Waals surface area contributed by atoms with Crippen molar-refractivity contribution in [3.63, 3.8) is 0 Å². The van der Waals surface area contributed by atoms with Gasteiger partial charge in [-0.05, 0) is 49.2 Å². The molecular weight excluding hydrogens is 298 g/mol. The van der Waals surface area contributed by atoms with E-state index in [-0.39, 0.29) is 5.92 Å². The van der Waals surface area contributed by atoms with Crippen molar-refractivity contribution in [2.45, 2.75) is 19.3 Å². The SMILES string of the molecule is COc1ccc(CC(CN)c2cc(C)ccc2OC)cc1Cl. The van der Waals surface area contributed by atoms with Crippen LogP contribution in [0.2, 0.25) is 5.02 Å². The van der Waals surface area contributed by atoms with Crippen molar-refractivity contribution in [2.75, 3.05) is 20.8 Å². The van der Waals surface area contributed by atoms with Gasteiger partial charge in [0.05, 0.1) is 19.2 Å². The molecule has 0 saturated carbocycles. The van der Waals surface area contributed by atoms with Crippen molar-refractivity contribution in [1.82, 2.24) is 0 Å². The zero-order valence-electron chi connectivity index (χ0n) is 13.2. The maximum Gasteiger partial charge on any atom is 0.137 e. The molecule has 0 amide bonds. The number of hydrogen-bond donors (Lipinski definition) is 1. The van der Waals surface area contributed by atoms with Gasteiger partial charge in [0.2, 0.25) is 0 Å². The fourth-order valence-electron chi connectivity index (χ4n) is 2.61. The van der Waals surface area contributed by atoms with Gasteiger partial charge in [-0.3, -0.25) is 0 Å². The summed E-state index contributed by atoms with van der Waals surface area (Å²) >= 11 is 6.21. The number of benzene rings is 2. The molecule has 4 heteroatoms. The zero-order valence-corrected chi connectivity index (χ0v) is 14.0. The number of ether oxygens (including phenoxy) is 2. The average molecular weight is 320 g/mol. The largest absolute Gasteiger partial charge is 0.496 e. The molecular formula is C18H22ClNO2. The Labute approximate surface area is 137 Å². The smallest absolute Gasteiger partial charge is 0.137 e. The lowest BCUT2D eigenvalue weighted by molar-refractivity contribution is 0.405. The number of methoxy groups -OCH3 is 2. The van der Waals surface area contributed by atoms with Gasteiger partial charge in [-0.25, -0.2) is 0 Å². The Kier molecular flexibility index (Phi) is 5.69. The van der Waals surface area contributed by atoms with Crippen molar-refractivity contribution in [1.29, 1.82) is 0 Å². The molecule has 118 valence electrons. The molecule has 2 aromatic carbocycles. The molecule has 0 aliphatic carbocycles. The Morgan fingerprint density at radius 3 is 2.32 bits per heavy atom. The third-order valence-electron chi connectivity index (χ3n) is 3.81. The molecule has 0 fully saturated rings. The standard InChI is InChI=1S/C18H22ClNO2/c1-12-4-6-17(21-2)15(8-12)14(11-20)9-13-5-7-18(22-3)16(19)10-13/h4-8,10,14H,9,11,20H2,1-3H3. The number of aryl methyl sites for hydroxylation is 1. The molecule has 0 bridgehead atoms. The topological polar surface area (TPSA) is 44.5 Å². The minimum Gasteiger partial charge on any atom is -0.496 e. The molecule has 3 nitrogen and oxygen atoms in total. The van der Waals surface area contributed by atoms with Crippen LogP contribution in [0.4, 0.5) is 0 Å². The molecule has 0 heterocycles. The molecule has 0 radical (unpaired) electrons. The number of halogens is 1. The van der Waals surface area contributed by atoms with Crippen molar-refractivity contribution in [3.8, 4) is 11.5 Å². The second-order valence-corrected chi connectivity index (χ2v) is 5.76. The molecule has 0 spiro atoms.